The average Bonchev–Trinajstić information content (AvgIpc) is 2.49. The zero-order valence-electron chi connectivity index (χ0n) is 12.8. The molecule has 0 amide bonds. The Labute approximate surface area is 122 Å². The van der Waals surface area contributed by atoms with Gasteiger partial charge in [0.2, 0.25) is 0 Å². The first-order valence-corrected chi connectivity index (χ1v) is 7.69. The summed E-state index contributed by atoms with van der Waals surface area (Å²) in [7, 11) is 0. The van der Waals surface area contributed by atoms with Gasteiger partial charge in [0.15, 0.2) is 0 Å². The third kappa shape index (κ3) is 7.51. The van der Waals surface area contributed by atoms with Crippen molar-refractivity contribution < 1.29 is 14.6 Å². The van der Waals surface area contributed by atoms with Crippen molar-refractivity contribution in [2.24, 2.45) is 5.92 Å². The van der Waals surface area contributed by atoms with Gasteiger partial charge in [-0.25, -0.2) is 0 Å². The van der Waals surface area contributed by atoms with Gasteiger partial charge in [0.25, 0.3) is 0 Å². The van der Waals surface area contributed by atoms with Gasteiger partial charge < -0.3 is 14.6 Å². The van der Waals surface area contributed by atoms with Gasteiger partial charge in [-0.05, 0) is 24.5 Å². The lowest BCUT2D eigenvalue weighted by molar-refractivity contribution is -0.00109. The summed E-state index contributed by atoms with van der Waals surface area (Å²) in [6.45, 7) is 5.75. The van der Waals surface area contributed by atoms with Crippen LogP contribution in [0.5, 0.6) is 5.75 Å². The number of para-hydroxylation sites is 1. The first-order chi connectivity index (χ1) is 9.76. The van der Waals surface area contributed by atoms with E-state index in [1.807, 2.05) is 30.3 Å². The van der Waals surface area contributed by atoms with Gasteiger partial charge in [-0.2, -0.15) is 0 Å². The molecule has 1 aromatic carbocycles. The quantitative estimate of drug-likeness (QED) is 0.672. The second-order valence-electron chi connectivity index (χ2n) is 5.23. The number of benzene rings is 1. The summed E-state index contributed by atoms with van der Waals surface area (Å²) in [5, 5.41) is 9.82. The van der Waals surface area contributed by atoms with Crippen LogP contribution in [0.4, 0.5) is 0 Å². The second-order valence-corrected chi connectivity index (χ2v) is 5.23. The van der Waals surface area contributed by atoms with Crippen LogP contribution in [0.3, 0.4) is 0 Å². The standard InChI is InChI=1S/C17H28O3/c1-3-5-9-15(4-2)12-19-13-16(18)14-20-17-10-7-6-8-11-17/h6-8,10-11,15-16,18H,3-5,9,12-14H2,1-2H3. The number of ether oxygens (including phenoxy) is 2. The molecular formula is C17H28O3. The van der Waals surface area contributed by atoms with Crippen molar-refractivity contribution in [3.8, 4) is 5.75 Å². The van der Waals surface area contributed by atoms with Crippen molar-refractivity contribution >= 4 is 0 Å². The average molecular weight is 280 g/mol. The molecule has 114 valence electrons. The molecule has 1 aromatic rings. The molecule has 1 N–H and O–H groups in total. The normalized spacial score (nSPS) is 13.9. The minimum Gasteiger partial charge on any atom is -0.491 e. The minimum atomic E-state index is -0.570. The maximum Gasteiger partial charge on any atom is 0.119 e. The van der Waals surface area contributed by atoms with Crippen LogP contribution in [-0.4, -0.2) is 31.0 Å². The lowest BCUT2D eigenvalue weighted by Gasteiger charge is -2.17. The van der Waals surface area contributed by atoms with E-state index in [-0.39, 0.29) is 6.61 Å². The number of rotatable bonds is 11. The summed E-state index contributed by atoms with van der Waals surface area (Å²) in [5.74, 6) is 1.39. The van der Waals surface area contributed by atoms with Crippen molar-refractivity contribution in [2.45, 2.75) is 45.6 Å². The van der Waals surface area contributed by atoms with E-state index in [0.29, 0.717) is 12.5 Å². The molecule has 20 heavy (non-hydrogen) atoms. The molecule has 0 spiro atoms. The monoisotopic (exact) mass is 280 g/mol. The molecule has 0 saturated carbocycles. The highest BCUT2D eigenvalue weighted by atomic mass is 16.5. The van der Waals surface area contributed by atoms with Crippen molar-refractivity contribution in [2.75, 3.05) is 19.8 Å². The highest BCUT2D eigenvalue weighted by molar-refractivity contribution is 5.20. The lowest BCUT2D eigenvalue weighted by atomic mass is 10.0. The number of hydrogen-bond donors (Lipinski definition) is 1. The Kier molecular flexibility index (Phi) is 9.09. The summed E-state index contributed by atoms with van der Waals surface area (Å²) in [6, 6.07) is 9.53. The first kappa shape index (κ1) is 17.0. The van der Waals surface area contributed by atoms with E-state index in [9.17, 15) is 5.11 Å². The molecule has 0 aromatic heterocycles. The zero-order valence-corrected chi connectivity index (χ0v) is 12.8. The topological polar surface area (TPSA) is 38.7 Å². The van der Waals surface area contributed by atoms with Crippen LogP contribution in [0, 0.1) is 5.92 Å². The summed E-state index contributed by atoms with van der Waals surface area (Å²) < 4.78 is 11.1. The Hall–Kier alpha value is -1.06. The molecule has 1 rings (SSSR count). The third-order valence-corrected chi connectivity index (χ3v) is 3.39. The molecule has 0 aliphatic heterocycles. The summed E-state index contributed by atoms with van der Waals surface area (Å²) in [6.07, 6.45) is 4.25. The van der Waals surface area contributed by atoms with Crippen LogP contribution in [0.1, 0.15) is 39.5 Å². The molecule has 0 aliphatic carbocycles. The third-order valence-electron chi connectivity index (χ3n) is 3.39. The maximum atomic E-state index is 9.82. The van der Waals surface area contributed by atoms with Crippen LogP contribution in [0.25, 0.3) is 0 Å². The zero-order chi connectivity index (χ0) is 14.6. The fraction of sp³-hybridized carbons (Fsp3) is 0.647. The van der Waals surface area contributed by atoms with E-state index in [1.54, 1.807) is 0 Å². The van der Waals surface area contributed by atoms with Crippen LogP contribution >= 0.6 is 0 Å². The molecule has 0 bridgehead atoms. The molecule has 0 heterocycles. The lowest BCUT2D eigenvalue weighted by Crippen LogP contribution is -2.25. The van der Waals surface area contributed by atoms with Crippen LogP contribution < -0.4 is 4.74 Å². The summed E-state index contributed by atoms with van der Waals surface area (Å²) in [5.41, 5.74) is 0. The molecule has 2 atom stereocenters. The SMILES string of the molecule is CCCCC(CC)COCC(O)COc1ccccc1. The highest BCUT2D eigenvalue weighted by Gasteiger charge is 2.09. The van der Waals surface area contributed by atoms with Crippen molar-refractivity contribution in [3.63, 3.8) is 0 Å². The van der Waals surface area contributed by atoms with Crippen molar-refractivity contribution in [1.82, 2.24) is 0 Å². The smallest absolute Gasteiger partial charge is 0.119 e. The van der Waals surface area contributed by atoms with E-state index in [4.69, 9.17) is 9.47 Å². The predicted octanol–water partition coefficient (Wildman–Crippen LogP) is 3.66. The van der Waals surface area contributed by atoms with Gasteiger partial charge in [0.05, 0.1) is 6.61 Å². The van der Waals surface area contributed by atoms with E-state index in [0.717, 1.165) is 18.8 Å². The van der Waals surface area contributed by atoms with E-state index in [1.165, 1.54) is 19.3 Å². The number of aliphatic hydroxyl groups is 1. The number of aliphatic hydroxyl groups excluding tert-OH is 1. The fourth-order valence-corrected chi connectivity index (χ4v) is 2.03. The predicted molar refractivity (Wildman–Crippen MR) is 82.1 cm³/mol. The minimum absolute atomic E-state index is 0.274. The van der Waals surface area contributed by atoms with E-state index >= 15 is 0 Å². The molecule has 0 radical (unpaired) electrons. The van der Waals surface area contributed by atoms with Gasteiger partial charge in [-0.1, -0.05) is 51.3 Å². The number of hydrogen-bond acceptors (Lipinski definition) is 3. The molecule has 0 saturated heterocycles. The molecule has 2 unspecified atom stereocenters. The van der Waals surface area contributed by atoms with Gasteiger partial charge in [0.1, 0.15) is 18.5 Å². The maximum absolute atomic E-state index is 9.82. The Bertz CT molecular complexity index is 326. The Balaban J connectivity index is 2.11. The Morgan fingerprint density at radius 3 is 2.45 bits per heavy atom. The summed E-state index contributed by atoms with van der Waals surface area (Å²) >= 11 is 0. The molecular weight excluding hydrogens is 252 g/mol. The van der Waals surface area contributed by atoms with Crippen molar-refractivity contribution in [3.05, 3.63) is 30.3 Å². The molecule has 0 fully saturated rings. The Morgan fingerprint density at radius 1 is 1.05 bits per heavy atom. The van der Waals surface area contributed by atoms with E-state index in [2.05, 4.69) is 13.8 Å². The van der Waals surface area contributed by atoms with Crippen molar-refractivity contribution in [1.29, 1.82) is 0 Å². The van der Waals surface area contributed by atoms with Gasteiger partial charge in [-0.3, -0.25) is 0 Å². The van der Waals surface area contributed by atoms with Gasteiger partial charge in [0, 0.05) is 6.61 Å². The highest BCUT2D eigenvalue weighted by Crippen LogP contribution is 2.13. The molecule has 3 heteroatoms. The largest absolute Gasteiger partial charge is 0.491 e. The Morgan fingerprint density at radius 2 is 1.80 bits per heavy atom. The number of unbranched alkanes of at least 4 members (excludes halogenated alkanes) is 1. The second kappa shape index (κ2) is 10.7. The van der Waals surface area contributed by atoms with Crippen LogP contribution in [0.15, 0.2) is 30.3 Å². The first-order valence-electron chi connectivity index (χ1n) is 7.69. The fourth-order valence-electron chi connectivity index (χ4n) is 2.03. The summed E-state index contributed by atoms with van der Waals surface area (Å²) in [4.78, 5) is 0. The molecule has 3 nitrogen and oxygen atoms in total. The van der Waals surface area contributed by atoms with Crippen LogP contribution in [-0.2, 0) is 4.74 Å². The molecule has 0 aliphatic rings. The van der Waals surface area contributed by atoms with Crippen LogP contribution in [0.2, 0.25) is 0 Å². The van der Waals surface area contributed by atoms with Gasteiger partial charge >= 0.3 is 0 Å². The van der Waals surface area contributed by atoms with E-state index < -0.39 is 6.10 Å². The van der Waals surface area contributed by atoms with Gasteiger partial charge in [-0.15, -0.1) is 0 Å².